The van der Waals surface area contributed by atoms with E-state index < -0.39 is 15.8 Å². The molecule has 1 N–H and O–H groups in total. The molecule has 0 saturated carbocycles. The second-order valence-corrected chi connectivity index (χ2v) is 6.46. The molecule has 3 nitrogen and oxygen atoms in total. The molecule has 0 saturated heterocycles. The summed E-state index contributed by atoms with van der Waals surface area (Å²) in [5, 5.41) is 0. The van der Waals surface area contributed by atoms with Crippen LogP contribution in [-0.2, 0) is 22.3 Å². The lowest BCUT2D eigenvalue weighted by Gasteiger charge is -2.08. The molecule has 2 aromatic carbocycles. The van der Waals surface area contributed by atoms with Gasteiger partial charge < -0.3 is 0 Å². The third kappa shape index (κ3) is 4.15. The molecule has 5 heteroatoms. The van der Waals surface area contributed by atoms with Gasteiger partial charge in [0, 0.05) is 12.1 Å². The molecule has 0 aromatic heterocycles. The Labute approximate surface area is 118 Å². The smallest absolute Gasteiger partial charge is 0.212 e. The van der Waals surface area contributed by atoms with Gasteiger partial charge >= 0.3 is 0 Å². The van der Waals surface area contributed by atoms with Crippen LogP contribution in [0.3, 0.4) is 0 Å². The largest absolute Gasteiger partial charge is 0.216 e. The summed E-state index contributed by atoms with van der Waals surface area (Å²) >= 11 is 0. The van der Waals surface area contributed by atoms with Crippen molar-refractivity contribution < 1.29 is 12.8 Å². The molecule has 0 aliphatic carbocycles. The summed E-state index contributed by atoms with van der Waals surface area (Å²) in [7, 11) is -3.56. The van der Waals surface area contributed by atoms with Gasteiger partial charge in [-0.25, -0.2) is 17.5 Å². The standard InChI is InChI=1S/C15H16FNO2S/c1-12-6-8-13(9-7-12)10-17-20(18,19)11-14-4-2-3-5-15(14)16/h2-9,17H,10-11H2,1H3. The van der Waals surface area contributed by atoms with Crippen LogP contribution in [0.2, 0.25) is 0 Å². The highest BCUT2D eigenvalue weighted by Crippen LogP contribution is 2.10. The van der Waals surface area contributed by atoms with Crippen molar-refractivity contribution >= 4 is 10.0 Å². The van der Waals surface area contributed by atoms with Crippen molar-refractivity contribution in [1.82, 2.24) is 4.72 Å². The highest BCUT2D eigenvalue weighted by molar-refractivity contribution is 7.88. The quantitative estimate of drug-likeness (QED) is 0.921. The summed E-state index contributed by atoms with van der Waals surface area (Å²) in [6, 6.07) is 13.4. The van der Waals surface area contributed by atoms with Crippen LogP contribution < -0.4 is 4.72 Å². The van der Waals surface area contributed by atoms with E-state index in [0.717, 1.165) is 11.1 Å². The van der Waals surface area contributed by atoms with Crippen LogP contribution in [-0.4, -0.2) is 8.42 Å². The number of benzene rings is 2. The zero-order valence-electron chi connectivity index (χ0n) is 11.1. The van der Waals surface area contributed by atoms with Gasteiger partial charge in [0.15, 0.2) is 0 Å². The summed E-state index contributed by atoms with van der Waals surface area (Å²) in [6.07, 6.45) is 0. The van der Waals surface area contributed by atoms with Crippen LogP contribution in [0, 0.1) is 12.7 Å². The van der Waals surface area contributed by atoms with Gasteiger partial charge in [0.05, 0.1) is 5.75 Å². The fourth-order valence-electron chi connectivity index (χ4n) is 1.77. The van der Waals surface area contributed by atoms with Gasteiger partial charge in [0.25, 0.3) is 0 Å². The second kappa shape index (κ2) is 6.15. The van der Waals surface area contributed by atoms with E-state index in [0.29, 0.717) is 0 Å². The molecular formula is C15H16FNO2S. The number of halogens is 1. The van der Waals surface area contributed by atoms with Crippen molar-refractivity contribution in [2.24, 2.45) is 0 Å². The van der Waals surface area contributed by atoms with Crippen molar-refractivity contribution in [3.05, 3.63) is 71.0 Å². The zero-order chi connectivity index (χ0) is 14.6. The molecule has 0 spiro atoms. The average molecular weight is 293 g/mol. The van der Waals surface area contributed by atoms with Crippen LogP contribution in [0.4, 0.5) is 4.39 Å². The van der Waals surface area contributed by atoms with Crippen molar-refractivity contribution in [2.45, 2.75) is 19.2 Å². The van der Waals surface area contributed by atoms with Crippen molar-refractivity contribution in [1.29, 1.82) is 0 Å². The van der Waals surface area contributed by atoms with Crippen LogP contribution in [0.5, 0.6) is 0 Å². The van der Waals surface area contributed by atoms with E-state index in [1.54, 1.807) is 6.07 Å². The SMILES string of the molecule is Cc1ccc(CNS(=O)(=O)Cc2ccccc2F)cc1. The Morgan fingerprint density at radius 1 is 1.05 bits per heavy atom. The number of hydrogen-bond acceptors (Lipinski definition) is 2. The van der Waals surface area contributed by atoms with Gasteiger partial charge in [-0.15, -0.1) is 0 Å². The number of nitrogens with one attached hydrogen (secondary N) is 1. The molecule has 0 atom stereocenters. The molecule has 0 fully saturated rings. The van der Waals surface area contributed by atoms with Gasteiger partial charge in [-0.2, -0.15) is 0 Å². The summed E-state index contributed by atoms with van der Waals surface area (Å²) < 4.78 is 39.7. The Hall–Kier alpha value is -1.72. The minimum absolute atomic E-state index is 0.170. The fourth-order valence-corrected chi connectivity index (χ4v) is 2.90. The predicted octanol–water partition coefficient (Wildman–Crippen LogP) is 2.75. The molecule has 2 aromatic rings. The maximum Gasteiger partial charge on any atom is 0.216 e. The summed E-state index contributed by atoms with van der Waals surface area (Å²) in [5.41, 5.74) is 2.15. The first-order valence-electron chi connectivity index (χ1n) is 6.22. The number of hydrogen-bond donors (Lipinski definition) is 1. The maximum absolute atomic E-state index is 13.4. The van der Waals surface area contributed by atoms with Gasteiger partial charge in [-0.05, 0) is 18.6 Å². The zero-order valence-corrected chi connectivity index (χ0v) is 12.0. The van der Waals surface area contributed by atoms with E-state index in [9.17, 15) is 12.8 Å². The number of sulfonamides is 1. The molecule has 106 valence electrons. The van der Waals surface area contributed by atoms with Gasteiger partial charge in [-0.3, -0.25) is 0 Å². The summed E-state index contributed by atoms with van der Waals surface area (Å²) in [6.45, 7) is 2.17. The van der Waals surface area contributed by atoms with Gasteiger partial charge in [0.2, 0.25) is 10.0 Å². The predicted molar refractivity (Wildman–Crippen MR) is 77.0 cm³/mol. The number of aryl methyl sites for hydroxylation is 1. The number of rotatable bonds is 5. The first kappa shape index (κ1) is 14.7. The lowest BCUT2D eigenvalue weighted by atomic mass is 10.2. The van der Waals surface area contributed by atoms with E-state index in [2.05, 4.69) is 4.72 Å². The molecule has 0 aliphatic rings. The Bertz CT molecular complexity index is 681. The van der Waals surface area contributed by atoms with Crippen molar-refractivity contribution in [2.75, 3.05) is 0 Å². The topological polar surface area (TPSA) is 46.2 Å². The molecule has 0 radical (unpaired) electrons. The minimum atomic E-state index is -3.56. The average Bonchev–Trinajstić information content (AvgIpc) is 2.41. The van der Waals surface area contributed by atoms with Crippen LogP contribution >= 0.6 is 0 Å². The molecule has 0 bridgehead atoms. The molecule has 0 aliphatic heterocycles. The van der Waals surface area contributed by atoms with Crippen molar-refractivity contribution in [3.63, 3.8) is 0 Å². The molecule has 2 rings (SSSR count). The maximum atomic E-state index is 13.4. The highest BCUT2D eigenvalue weighted by atomic mass is 32.2. The van der Waals surface area contributed by atoms with Gasteiger partial charge in [-0.1, -0.05) is 48.0 Å². The van der Waals surface area contributed by atoms with Crippen LogP contribution in [0.15, 0.2) is 48.5 Å². The third-order valence-corrected chi connectivity index (χ3v) is 4.20. The van der Waals surface area contributed by atoms with E-state index in [1.807, 2.05) is 31.2 Å². The normalized spacial score (nSPS) is 11.5. The third-order valence-electron chi connectivity index (χ3n) is 2.92. The molecule has 20 heavy (non-hydrogen) atoms. The fraction of sp³-hybridized carbons (Fsp3) is 0.200. The minimum Gasteiger partial charge on any atom is -0.212 e. The monoisotopic (exact) mass is 293 g/mol. The first-order chi connectivity index (χ1) is 9.46. The Balaban J connectivity index is 2.01. The van der Waals surface area contributed by atoms with Crippen LogP contribution in [0.25, 0.3) is 0 Å². The Kier molecular flexibility index (Phi) is 4.52. The lowest BCUT2D eigenvalue weighted by molar-refractivity contribution is 0.574. The Morgan fingerprint density at radius 3 is 2.35 bits per heavy atom. The van der Waals surface area contributed by atoms with Gasteiger partial charge in [0.1, 0.15) is 5.82 Å². The van der Waals surface area contributed by atoms with E-state index in [4.69, 9.17) is 0 Å². The van der Waals surface area contributed by atoms with E-state index >= 15 is 0 Å². The molecule has 0 unspecified atom stereocenters. The van der Waals surface area contributed by atoms with E-state index in [1.165, 1.54) is 18.2 Å². The highest BCUT2D eigenvalue weighted by Gasteiger charge is 2.13. The Morgan fingerprint density at radius 2 is 1.70 bits per heavy atom. The molecule has 0 heterocycles. The summed E-state index contributed by atoms with van der Waals surface area (Å²) in [5.74, 6) is -0.862. The van der Waals surface area contributed by atoms with Crippen molar-refractivity contribution in [3.8, 4) is 0 Å². The molecular weight excluding hydrogens is 277 g/mol. The van der Waals surface area contributed by atoms with Crippen LogP contribution in [0.1, 0.15) is 16.7 Å². The first-order valence-corrected chi connectivity index (χ1v) is 7.88. The second-order valence-electron chi connectivity index (χ2n) is 4.66. The molecule has 0 amide bonds. The summed E-state index contributed by atoms with van der Waals surface area (Å²) in [4.78, 5) is 0. The van der Waals surface area contributed by atoms with E-state index in [-0.39, 0.29) is 17.9 Å². The lowest BCUT2D eigenvalue weighted by Crippen LogP contribution is -2.25.